The number of nitrogens with two attached hydrogens (primary N) is 1. The number of nitrogens with zero attached hydrogens (tertiary/aromatic N) is 4. The smallest absolute Gasteiger partial charge is 0.190 e. The van der Waals surface area contributed by atoms with Crippen LogP contribution in [0.1, 0.15) is 23.4 Å². The largest absolute Gasteiger partial charge is 0.469 e. The molecule has 29 heavy (non-hydrogen) atoms. The molecule has 0 amide bonds. The molecule has 0 fully saturated rings. The van der Waals surface area contributed by atoms with E-state index >= 15 is 0 Å². The number of anilines is 1. The van der Waals surface area contributed by atoms with Crippen molar-refractivity contribution in [2.24, 2.45) is 4.99 Å². The van der Waals surface area contributed by atoms with E-state index in [9.17, 15) is 5.26 Å². The highest BCUT2D eigenvalue weighted by Gasteiger charge is 2.16. The molecule has 8 nitrogen and oxygen atoms in total. The molecule has 0 saturated heterocycles. The first-order valence-electron chi connectivity index (χ1n) is 9.52. The van der Waals surface area contributed by atoms with Gasteiger partial charge in [-0.2, -0.15) is 10.4 Å². The number of rotatable bonds is 8. The normalized spacial score (nSPS) is 11.2. The lowest BCUT2D eigenvalue weighted by molar-refractivity contribution is 0.506. The van der Waals surface area contributed by atoms with Crippen LogP contribution in [0, 0.1) is 11.3 Å². The number of benzene rings is 1. The van der Waals surface area contributed by atoms with Gasteiger partial charge in [0.2, 0.25) is 0 Å². The number of aromatic nitrogens is 2. The van der Waals surface area contributed by atoms with Crippen LogP contribution in [-0.2, 0) is 12.8 Å². The molecule has 3 aromatic rings. The molecule has 1 aromatic carbocycles. The van der Waals surface area contributed by atoms with Gasteiger partial charge in [0.25, 0.3) is 0 Å². The minimum absolute atomic E-state index is 0.372. The van der Waals surface area contributed by atoms with E-state index in [1.165, 1.54) is 0 Å². The molecule has 0 saturated carbocycles. The lowest BCUT2D eigenvalue weighted by Gasteiger charge is -2.11. The summed E-state index contributed by atoms with van der Waals surface area (Å²) in [5.74, 6) is 2.03. The Kier molecular flexibility index (Phi) is 6.90. The number of hydrogen-bond donors (Lipinski definition) is 3. The van der Waals surface area contributed by atoms with Crippen molar-refractivity contribution in [3.05, 3.63) is 65.7 Å². The second kappa shape index (κ2) is 9.99. The molecule has 0 aliphatic carbocycles. The molecule has 0 radical (unpaired) electrons. The van der Waals surface area contributed by atoms with Crippen molar-refractivity contribution in [1.82, 2.24) is 20.4 Å². The van der Waals surface area contributed by atoms with Gasteiger partial charge in [0.1, 0.15) is 23.2 Å². The minimum Gasteiger partial charge on any atom is -0.469 e. The SMILES string of the molecule is CN=C(NCCCc1nn(-c2ccccc2)c(N)c1C#N)NCCc1ccco1. The Balaban J connectivity index is 1.50. The molecule has 0 bridgehead atoms. The van der Waals surface area contributed by atoms with E-state index in [1.54, 1.807) is 18.0 Å². The second-order valence-corrected chi connectivity index (χ2v) is 6.42. The number of nitrogens with one attached hydrogen (secondary N) is 2. The van der Waals surface area contributed by atoms with Crippen LogP contribution < -0.4 is 16.4 Å². The predicted octanol–water partition coefficient (Wildman–Crippen LogP) is 2.26. The highest BCUT2D eigenvalue weighted by molar-refractivity contribution is 5.79. The van der Waals surface area contributed by atoms with Crippen molar-refractivity contribution in [1.29, 1.82) is 5.26 Å². The molecular formula is C21H25N7O. The van der Waals surface area contributed by atoms with Gasteiger partial charge in [-0.25, -0.2) is 4.68 Å². The van der Waals surface area contributed by atoms with E-state index in [-0.39, 0.29) is 0 Å². The highest BCUT2D eigenvalue weighted by Crippen LogP contribution is 2.21. The molecule has 0 aliphatic rings. The predicted molar refractivity (Wildman–Crippen MR) is 113 cm³/mol. The molecule has 0 spiro atoms. The third kappa shape index (κ3) is 5.17. The summed E-state index contributed by atoms with van der Waals surface area (Å²) in [6.07, 6.45) is 3.89. The molecule has 150 valence electrons. The number of nitriles is 1. The Morgan fingerprint density at radius 1 is 1.17 bits per heavy atom. The summed E-state index contributed by atoms with van der Waals surface area (Å²) in [7, 11) is 1.73. The Bertz CT molecular complexity index is 969. The molecule has 0 unspecified atom stereocenters. The maximum atomic E-state index is 9.48. The van der Waals surface area contributed by atoms with E-state index in [1.807, 2.05) is 42.5 Å². The lowest BCUT2D eigenvalue weighted by atomic mass is 10.1. The van der Waals surface area contributed by atoms with Crippen LogP contribution >= 0.6 is 0 Å². The van der Waals surface area contributed by atoms with Crippen molar-refractivity contribution in [2.45, 2.75) is 19.3 Å². The number of aryl methyl sites for hydroxylation is 1. The second-order valence-electron chi connectivity index (χ2n) is 6.42. The van der Waals surface area contributed by atoms with Gasteiger partial charge in [0, 0.05) is 26.6 Å². The maximum absolute atomic E-state index is 9.48. The molecule has 0 aliphatic heterocycles. The molecular weight excluding hydrogens is 366 g/mol. The Morgan fingerprint density at radius 3 is 2.66 bits per heavy atom. The van der Waals surface area contributed by atoms with Crippen LogP contribution in [-0.4, -0.2) is 35.9 Å². The average Bonchev–Trinajstić information content (AvgIpc) is 3.38. The van der Waals surface area contributed by atoms with Crippen LogP contribution in [0.3, 0.4) is 0 Å². The summed E-state index contributed by atoms with van der Waals surface area (Å²) >= 11 is 0. The zero-order valence-electron chi connectivity index (χ0n) is 16.4. The number of aliphatic imine (C=N–C) groups is 1. The van der Waals surface area contributed by atoms with E-state index in [0.717, 1.165) is 36.8 Å². The third-order valence-electron chi connectivity index (χ3n) is 4.46. The standard InChI is InChI=1S/C21H25N7O/c1-24-21(26-13-11-17-9-6-14-29-17)25-12-5-10-19-18(15-22)20(23)28(27-19)16-7-3-2-4-8-16/h2-4,6-9,14H,5,10-13,23H2,1H3,(H2,24,25,26). The molecule has 8 heteroatoms. The van der Waals surface area contributed by atoms with Gasteiger partial charge < -0.3 is 20.8 Å². The van der Waals surface area contributed by atoms with Gasteiger partial charge in [0.15, 0.2) is 5.96 Å². The van der Waals surface area contributed by atoms with Gasteiger partial charge in [-0.15, -0.1) is 0 Å². The number of nitrogen functional groups attached to an aromatic ring is 1. The van der Waals surface area contributed by atoms with Crippen molar-refractivity contribution in [2.75, 3.05) is 25.9 Å². The minimum atomic E-state index is 0.372. The summed E-state index contributed by atoms with van der Waals surface area (Å²) in [6.45, 7) is 1.42. The molecule has 4 N–H and O–H groups in total. The summed E-state index contributed by atoms with van der Waals surface area (Å²) in [6, 6.07) is 15.6. The first-order chi connectivity index (χ1) is 14.2. The van der Waals surface area contributed by atoms with E-state index < -0.39 is 0 Å². The van der Waals surface area contributed by atoms with Crippen LogP contribution in [0.4, 0.5) is 5.82 Å². The number of hydrogen-bond acceptors (Lipinski definition) is 5. The summed E-state index contributed by atoms with van der Waals surface area (Å²) < 4.78 is 6.94. The quantitative estimate of drug-likeness (QED) is 0.308. The Hall–Kier alpha value is -3.73. The first-order valence-corrected chi connectivity index (χ1v) is 9.52. The Labute approximate surface area is 170 Å². The zero-order chi connectivity index (χ0) is 20.5. The summed E-state index contributed by atoms with van der Waals surface area (Å²) in [5, 5.41) is 20.6. The Morgan fingerprint density at radius 2 is 1.97 bits per heavy atom. The fraction of sp³-hybridized carbons (Fsp3) is 0.286. The number of guanidine groups is 1. The molecule has 2 heterocycles. The van der Waals surface area contributed by atoms with Crippen molar-refractivity contribution < 1.29 is 4.42 Å². The van der Waals surface area contributed by atoms with Crippen LogP contribution in [0.5, 0.6) is 0 Å². The van der Waals surface area contributed by atoms with Crippen molar-refractivity contribution >= 4 is 11.8 Å². The lowest BCUT2D eigenvalue weighted by Crippen LogP contribution is -2.38. The zero-order valence-corrected chi connectivity index (χ0v) is 16.4. The molecule has 2 aromatic heterocycles. The maximum Gasteiger partial charge on any atom is 0.190 e. The fourth-order valence-corrected chi connectivity index (χ4v) is 2.98. The van der Waals surface area contributed by atoms with Gasteiger partial charge >= 0.3 is 0 Å². The summed E-state index contributed by atoms with van der Waals surface area (Å²) in [4.78, 5) is 4.21. The monoisotopic (exact) mass is 391 g/mol. The van der Waals surface area contributed by atoms with Crippen molar-refractivity contribution in [3.63, 3.8) is 0 Å². The van der Waals surface area contributed by atoms with Crippen LogP contribution in [0.15, 0.2) is 58.1 Å². The van der Waals surface area contributed by atoms with E-state index in [4.69, 9.17) is 10.2 Å². The van der Waals surface area contributed by atoms with Gasteiger partial charge in [0.05, 0.1) is 17.6 Å². The number of para-hydroxylation sites is 1. The fourth-order valence-electron chi connectivity index (χ4n) is 2.98. The number of furan rings is 1. The van der Waals surface area contributed by atoms with Gasteiger partial charge in [-0.3, -0.25) is 4.99 Å². The van der Waals surface area contributed by atoms with E-state index in [2.05, 4.69) is 26.8 Å². The summed E-state index contributed by atoms with van der Waals surface area (Å²) in [5.41, 5.74) is 8.13. The van der Waals surface area contributed by atoms with Crippen LogP contribution in [0.2, 0.25) is 0 Å². The van der Waals surface area contributed by atoms with Crippen LogP contribution in [0.25, 0.3) is 5.69 Å². The average molecular weight is 391 g/mol. The first kappa shape index (κ1) is 20.0. The molecule has 0 atom stereocenters. The van der Waals surface area contributed by atoms with E-state index in [0.29, 0.717) is 30.0 Å². The third-order valence-corrected chi connectivity index (χ3v) is 4.46. The van der Waals surface area contributed by atoms with Gasteiger partial charge in [-0.1, -0.05) is 18.2 Å². The van der Waals surface area contributed by atoms with Gasteiger partial charge in [-0.05, 0) is 37.1 Å². The topological polar surface area (TPSA) is 117 Å². The molecule has 3 rings (SSSR count). The van der Waals surface area contributed by atoms with Crippen molar-refractivity contribution in [3.8, 4) is 11.8 Å². The highest BCUT2D eigenvalue weighted by atomic mass is 16.3.